The van der Waals surface area contributed by atoms with E-state index in [4.69, 9.17) is 25.8 Å². The number of aromatic nitrogens is 3. The number of esters is 1. The van der Waals surface area contributed by atoms with Gasteiger partial charge >= 0.3 is 18.0 Å². The molecule has 3 atom stereocenters. The third-order valence-corrected chi connectivity index (χ3v) is 7.27. The van der Waals surface area contributed by atoms with E-state index in [-0.39, 0.29) is 28.7 Å². The Hall–Kier alpha value is -3.80. The molecule has 1 N–H and O–H groups in total. The minimum atomic E-state index is -1.17. The van der Waals surface area contributed by atoms with Crippen LogP contribution in [-0.2, 0) is 21.3 Å². The largest absolute Gasteiger partial charge is 0.511 e. The molecule has 1 aliphatic rings. The van der Waals surface area contributed by atoms with Crippen molar-refractivity contribution in [2.45, 2.75) is 39.0 Å². The molecule has 40 heavy (non-hydrogen) atoms. The molecule has 2 aromatic heterocycles. The van der Waals surface area contributed by atoms with Crippen LogP contribution < -0.4 is 9.80 Å². The first kappa shape index (κ1) is 29.2. The van der Waals surface area contributed by atoms with Crippen LogP contribution in [0.4, 0.5) is 10.6 Å². The lowest BCUT2D eigenvalue weighted by Crippen LogP contribution is -2.62. The van der Waals surface area contributed by atoms with Gasteiger partial charge in [-0.05, 0) is 49.7 Å². The molecule has 4 rings (SSSR count). The predicted molar refractivity (Wildman–Crippen MR) is 149 cm³/mol. The molecule has 1 amide bonds. The first-order valence-corrected chi connectivity index (χ1v) is 13.4. The highest BCUT2D eigenvalue weighted by Gasteiger charge is 2.46. The van der Waals surface area contributed by atoms with Crippen molar-refractivity contribution < 1.29 is 28.6 Å². The number of quaternary nitrogens is 1. The number of ether oxygens (including phenoxy) is 3. The number of hydrogen-bond acceptors (Lipinski definition) is 9. The molecule has 11 nitrogen and oxygen atoms in total. The van der Waals surface area contributed by atoms with Crippen LogP contribution in [0.3, 0.4) is 0 Å². The Morgan fingerprint density at radius 3 is 2.60 bits per heavy atom. The summed E-state index contributed by atoms with van der Waals surface area (Å²) in [6.45, 7) is 4.75. The summed E-state index contributed by atoms with van der Waals surface area (Å²) in [4.78, 5) is 43.1. The minimum Gasteiger partial charge on any atom is -0.435 e. The molecule has 3 unspecified atom stereocenters. The van der Waals surface area contributed by atoms with Gasteiger partial charge in [0.15, 0.2) is 5.69 Å². The highest BCUT2D eigenvalue weighted by atomic mass is 35.5. The molecule has 12 heteroatoms. The molecular formula is C28H33ClN5O6+. The first-order chi connectivity index (χ1) is 19.2. The Morgan fingerprint density at radius 1 is 1.20 bits per heavy atom. The van der Waals surface area contributed by atoms with E-state index in [9.17, 15) is 14.4 Å². The highest BCUT2D eigenvalue weighted by molar-refractivity contribution is 6.33. The van der Waals surface area contributed by atoms with Gasteiger partial charge in [0.25, 0.3) is 5.82 Å². The third kappa shape index (κ3) is 6.01. The summed E-state index contributed by atoms with van der Waals surface area (Å²) in [6.07, 6.45) is 2.86. The summed E-state index contributed by atoms with van der Waals surface area (Å²) < 4.78 is 16.2. The second kappa shape index (κ2) is 12.6. The summed E-state index contributed by atoms with van der Waals surface area (Å²) in [5.41, 5.74) is 1.78. The van der Waals surface area contributed by atoms with Crippen LogP contribution >= 0.6 is 11.6 Å². The lowest BCUT2D eigenvalue weighted by molar-refractivity contribution is -0.0815. The zero-order valence-corrected chi connectivity index (χ0v) is 23.7. The second-order valence-electron chi connectivity index (χ2n) is 9.57. The summed E-state index contributed by atoms with van der Waals surface area (Å²) in [5, 5.41) is 8.02. The number of hydrogen-bond donors (Lipinski definition) is 1. The van der Waals surface area contributed by atoms with Crippen molar-refractivity contribution in [3.05, 3.63) is 65.1 Å². The van der Waals surface area contributed by atoms with E-state index in [1.165, 1.54) is 17.8 Å². The van der Waals surface area contributed by atoms with Crippen LogP contribution in [0, 0.1) is 0 Å². The summed E-state index contributed by atoms with van der Waals surface area (Å²) in [5.74, 6) is -0.370. The van der Waals surface area contributed by atoms with Crippen molar-refractivity contribution >= 4 is 35.5 Å². The van der Waals surface area contributed by atoms with Crippen LogP contribution in [0.5, 0.6) is 0 Å². The van der Waals surface area contributed by atoms with Gasteiger partial charge in [0.2, 0.25) is 6.29 Å². The molecular weight excluding hydrogens is 538 g/mol. The topological polar surface area (TPSA) is 122 Å². The van der Waals surface area contributed by atoms with Crippen LogP contribution in [-0.4, -0.2) is 71.9 Å². The number of rotatable bonds is 8. The number of carbonyl (C=O) groups is 3. The van der Waals surface area contributed by atoms with Crippen LogP contribution in [0.25, 0.3) is 11.1 Å². The van der Waals surface area contributed by atoms with E-state index in [0.717, 1.165) is 19.4 Å². The van der Waals surface area contributed by atoms with E-state index in [1.54, 1.807) is 56.6 Å². The molecule has 0 aliphatic carbocycles. The summed E-state index contributed by atoms with van der Waals surface area (Å²) in [7, 11) is 3.46. The van der Waals surface area contributed by atoms with Gasteiger partial charge in [-0.15, -0.1) is 0 Å². The molecule has 0 spiro atoms. The zero-order chi connectivity index (χ0) is 28.9. The van der Waals surface area contributed by atoms with E-state index >= 15 is 0 Å². The molecule has 1 fully saturated rings. The smallest absolute Gasteiger partial charge is 0.435 e. The number of pyridine rings is 1. The molecule has 3 aromatic rings. The van der Waals surface area contributed by atoms with Crippen molar-refractivity contribution in [2.24, 2.45) is 7.05 Å². The lowest BCUT2D eigenvalue weighted by atomic mass is 9.99. The average molecular weight is 571 g/mol. The molecule has 0 saturated carbocycles. The first-order valence-electron chi connectivity index (χ1n) is 13.1. The van der Waals surface area contributed by atoms with E-state index < -0.39 is 18.4 Å². The van der Waals surface area contributed by atoms with Gasteiger partial charge in [-0.1, -0.05) is 23.7 Å². The van der Waals surface area contributed by atoms with Crippen molar-refractivity contribution in [3.63, 3.8) is 0 Å². The standard InChI is InChI=1S/C28H33ClN5O6/c1-5-38-28(37)40-18(2)39-27(36)24-22(17-32-33(24)3)19-10-12-20(13-11-19)26(35)34(4,21-8-6-14-30-16-21)25-23(29)9-7-15-31-25/h7,9-13,15,17-18,21,30H,5-6,8,14,16H2,1-4H3/q+1. The second-order valence-corrected chi connectivity index (χ2v) is 9.98. The molecule has 212 valence electrons. The van der Waals surface area contributed by atoms with Gasteiger partial charge in [0.05, 0.1) is 25.4 Å². The Labute approximate surface area is 237 Å². The quantitative estimate of drug-likeness (QED) is 0.239. The summed E-state index contributed by atoms with van der Waals surface area (Å²) >= 11 is 6.56. The molecule has 1 aromatic carbocycles. The van der Waals surface area contributed by atoms with E-state index in [2.05, 4.69) is 15.4 Å². The fourth-order valence-electron chi connectivity index (χ4n) is 4.90. The molecule has 1 saturated heterocycles. The van der Waals surface area contributed by atoms with Crippen LogP contribution in [0.2, 0.25) is 5.02 Å². The molecule has 0 radical (unpaired) electrons. The lowest BCUT2D eigenvalue weighted by Gasteiger charge is -2.40. The maximum absolute atomic E-state index is 14.1. The normalized spacial score (nSPS) is 17.4. The number of nitrogens with zero attached hydrogens (tertiary/aromatic N) is 4. The molecule has 0 bridgehead atoms. The number of benzene rings is 1. The van der Waals surface area contributed by atoms with E-state index in [0.29, 0.717) is 34.1 Å². The van der Waals surface area contributed by atoms with Crippen LogP contribution in [0.1, 0.15) is 47.5 Å². The van der Waals surface area contributed by atoms with Crippen molar-refractivity contribution in [1.82, 2.24) is 24.6 Å². The fourth-order valence-corrected chi connectivity index (χ4v) is 5.19. The van der Waals surface area contributed by atoms with Crippen molar-refractivity contribution in [3.8, 4) is 11.1 Å². The Bertz CT molecular complexity index is 1370. The number of halogens is 1. The van der Waals surface area contributed by atoms with Crippen LogP contribution in [0.15, 0.2) is 48.8 Å². The van der Waals surface area contributed by atoms with Gasteiger partial charge in [-0.3, -0.25) is 4.68 Å². The fraction of sp³-hybridized carbons (Fsp3) is 0.393. The molecule has 3 heterocycles. The number of carbonyl (C=O) groups excluding carboxylic acids is 3. The minimum absolute atomic E-state index is 0.0492. The SMILES string of the molecule is CCOC(=O)OC(C)OC(=O)c1c(-c2ccc(C(=O)[N+](C)(c3ncccc3Cl)C3CCCNC3)cc2)cnn1C. The third-order valence-electron chi connectivity index (χ3n) is 6.97. The Balaban J connectivity index is 1.60. The number of likely N-dealkylation sites (N-methyl/N-ethyl adjacent to an activating group) is 1. The molecule has 1 aliphatic heterocycles. The van der Waals surface area contributed by atoms with Gasteiger partial charge in [0, 0.05) is 38.7 Å². The van der Waals surface area contributed by atoms with Crippen molar-refractivity contribution in [2.75, 3.05) is 26.7 Å². The van der Waals surface area contributed by atoms with Gasteiger partial charge in [-0.2, -0.15) is 5.10 Å². The van der Waals surface area contributed by atoms with E-state index in [1.807, 2.05) is 7.05 Å². The average Bonchev–Trinajstić information content (AvgIpc) is 3.34. The highest BCUT2D eigenvalue weighted by Crippen LogP contribution is 2.34. The summed E-state index contributed by atoms with van der Waals surface area (Å²) in [6, 6.07) is 10.4. The Kier molecular flexibility index (Phi) is 9.18. The maximum atomic E-state index is 14.1. The number of aryl methyl sites for hydroxylation is 1. The van der Waals surface area contributed by atoms with Gasteiger partial charge in [-0.25, -0.2) is 23.9 Å². The van der Waals surface area contributed by atoms with Gasteiger partial charge in [0.1, 0.15) is 11.1 Å². The predicted octanol–water partition coefficient (Wildman–Crippen LogP) is 4.34. The number of piperidine rings is 1. The maximum Gasteiger partial charge on any atom is 0.511 e. The number of nitrogens with one attached hydrogen (secondary N) is 1. The Morgan fingerprint density at radius 2 is 1.95 bits per heavy atom. The monoisotopic (exact) mass is 570 g/mol. The van der Waals surface area contributed by atoms with Gasteiger partial charge < -0.3 is 19.5 Å². The zero-order valence-electron chi connectivity index (χ0n) is 22.9. The van der Waals surface area contributed by atoms with Crippen molar-refractivity contribution in [1.29, 1.82) is 0 Å². The number of amides is 1.